The Balaban J connectivity index is 2.21. The van der Waals surface area contributed by atoms with Gasteiger partial charge >= 0.3 is 0 Å². The predicted octanol–water partition coefficient (Wildman–Crippen LogP) is 0.728. The van der Waals surface area contributed by atoms with Crippen LogP contribution in [0.2, 0.25) is 0 Å². The van der Waals surface area contributed by atoms with Crippen LogP contribution in [0.25, 0.3) is 0 Å². The summed E-state index contributed by atoms with van der Waals surface area (Å²) >= 11 is 0. The summed E-state index contributed by atoms with van der Waals surface area (Å²) in [5, 5.41) is 12.5. The third-order valence-electron chi connectivity index (χ3n) is 2.29. The number of rotatable bonds is 4. The van der Waals surface area contributed by atoms with Gasteiger partial charge in [0.25, 0.3) is 0 Å². The van der Waals surface area contributed by atoms with Gasteiger partial charge in [-0.15, -0.1) is 0 Å². The number of benzene rings is 1. The third kappa shape index (κ3) is 2.96. The average molecular weight is 278 g/mol. The SMILES string of the molecule is Cc1nc(CNS(=O)(=O)c2ccccc2C#N)no1. The summed E-state index contributed by atoms with van der Waals surface area (Å²) in [6, 6.07) is 7.78. The molecular weight excluding hydrogens is 268 g/mol. The Morgan fingerprint density at radius 1 is 1.42 bits per heavy atom. The Labute approximate surface area is 109 Å². The largest absolute Gasteiger partial charge is 0.340 e. The molecule has 0 amide bonds. The molecule has 0 fully saturated rings. The van der Waals surface area contributed by atoms with E-state index in [1.807, 2.05) is 6.07 Å². The maximum Gasteiger partial charge on any atom is 0.242 e. The number of aryl methyl sites for hydroxylation is 1. The number of nitriles is 1. The van der Waals surface area contributed by atoms with E-state index in [4.69, 9.17) is 9.78 Å². The summed E-state index contributed by atoms with van der Waals surface area (Å²) in [4.78, 5) is 3.81. The van der Waals surface area contributed by atoms with Crippen LogP contribution in [0.1, 0.15) is 17.3 Å². The van der Waals surface area contributed by atoms with Crippen LogP contribution in [0, 0.1) is 18.3 Å². The molecule has 0 aliphatic heterocycles. The normalized spacial score (nSPS) is 11.2. The first-order valence-corrected chi connectivity index (χ1v) is 6.79. The van der Waals surface area contributed by atoms with E-state index in [-0.39, 0.29) is 22.8 Å². The van der Waals surface area contributed by atoms with Crippen LogP contribution in [0.5, 0.6) is 0 Å². The summed E-state index contributed by atoms with van der Waals surface area (Å²) < 4.78 is 31.1. The van der Waals surface area contributed by atoms with Gasteiger partial charge < -0.3 is 4.52 Å². The Morgan fingerprint density at radius 3 is 2.79 bits per heavy atom. The number of nitrogens with one attached hydrogen (secondary N) is 1. The van der Waals surface area contributed by atoms with Gasteiger partial charge in [-0.05, 0) is 12.1 Å². The van der Waals surface area contributed by atoms with Crippen LogP contribution in [0.4, 0.5) is 0 Å². The fourth-order valence-corrected chi connectivity index (χ4v) is 2.58. The third-order valence-corrected chi connectivity index (χ3v) is 3.75. The molecule has 2 rings (SSSR count). The van der Waals surface area contributed by atoms with E-state index < -0.39 is 10.0 Å². The van der Waals surface area contributed by atoms with Crippen molar-refractivity contribution in [3.8, 4) is 6.07 Å². The molecule has 0 atom stereocenters. The molecule has 98 valence electrons. The van der Waals surface area contributed by atoms with Crippen molar-refractivity contribution in [2.24, 2.45) is 0 Å². The smallest absolute Gasteiger partial charge is 0.242 e. The van der Waals surface area contributed by atoms with Gasteiger partial charge in [-0.1, -0.05) is 17.3 Å². The monoisotopic (exact) mass is 278 g/mol. The van der Waals surface area contributed by atoms with Gasteiger partial charge in [-0.2, -0.15) is 10.2 Å². The Bertz CT molecular complexity index is 730. The van der Waals surface area contributed by atoms with Crippen LogP contribution in [0.15, 0.2) is 33.7 Å². The molecule has 1 aromatic heterocycles. The molecule has 7 nitrogen and oxygen atoms in total. The maximum absolute atomic E-state index is 12.0. The van der Waals surface area contributed by atoms with Crippen LogP contribution in [-0.2, 0) is 16.6 Å². The average Bonchev–Trinajstić information content (AvgIpc) is 2.82. The zero-order chi connectivity index (χ0) is 13.9. The van der Waals surface area contributed by atoms with Crippen molar-refractivity contribution >= 4 is 10.0 Å². The van der Waals surface area contributed by atoms with Gasteiger partial charge in [0.15, 0.2) is 5.82 Å². The first kappa shape index (κ1) is 13.2. The highest BCUT2D eigenvalue weighted by atomic mass is 32.2. The number of nitrogens with zero attached hydrogens (tertiary/aromatic N) is 3. The quantitative estimate of drug-likeness (QED) is 0.882. The van der Waals surface area contributed by atoms with E-state index in [0.717, 1.165) is 0 Å². The lowest BCUT2D eigenvalue weighted by molar-refractivity contribution is 0.387. The van der Waals surface area contributed by atoms with E-state index in [9.17, 15) is 8.42 Å². The van der Waals surface area contributed by atoms with Gasteiger partial charge in [0.1, 0.15) is 6.07 Å². The molecule has 0 aliphatic carbocycles. The van der Waals surface area contributed by atoms with Gasteiger partial charge in [-0.25, -0.2) is 13.1 Å². The molecular formula is C11H10N4O3S. The highest BCUT2D eigenvalue weighted by Gasteiger charge is 2.18. The van der Waals surface area contributed by atoms with E-state index in [1.165, 1.54) is 12.1 Å². The van der Waals surface area contributed by atoms with Crippen LogP contribution >= 0.6 is 0 Å². The lowest BCUT2D eigenvalue weighted by atomic mass is 10.2. The molecule has 0 saturated carbocycles. The van der Waals surface area contributed by atoms with Crippen molar-refractivity contribution in [3.63, 3.8) is 0 Å². The standard InChI is InChI=1S/C11H10N4O3S/c1-8-14-11(15-18-8)7-13-19(16,17)10-5-3-2-4-9(10)6-12/h2-5,13H,7H2,1H3. The zero-order valence-electron chi connectivity index (χ0n) is 9.99. The minimum atomic E-state index is -3.79. The number of sulfonamides is 1. The van der Waals surface area contributed by atoms with Crippen molar-refractivity contribution in [3.05, 3.63) is 41.5 Å². The number of hydrogen-bond donors (Lipinski definition) is 1. The highest BCUT2D eigenvalue weighted by Crippen LogP contribution is 2.14. The molecule has 1 aromatic carbocycles. The number of hydrogen-bond acceptors (Lipinski definition) is 6. The summed E-state index contributed by atoms with van der Waals surface area (Å²) in [5.74, 6) is 0.585. The van der Waals surface area contributed by atoms with Crippen molar-refractivity contribution in [1.29, 1.82) is 5.26 Å². The fourth-order valence-electron chi connectivity index (χ4n) is 1.44. The zero-order valence-corrected chi connectivity index (χ0v) is 10.8. The summed E-state index contributed by atoms with van der Waals surface area (Å²) in [5.41, 5.74) is 0.0827. The Morgan fingerprint density at radius 2 is 2.16 bits per heavy atom. The molecule has 2 aromatic rings. The highest BCUT2D eigenvalue weighted by molar-refractivity contribution is 7.89. The van der Waals surface area contributed by atoms with Gasteiger partial charge in [0.2, 0.25) is 15.9 Å². The van der Waals surface area contributed by atoms with E-state index in [0.29, 0.717) is 5.89 Å². The minimum absolute atomic E-state index is 0.0716. The molecule has 0 radical (unpaired) electrons. The Hall–Kier alpha value is -2.24. The number of aromatic nitrogens is 2. The predicted molar refractivity (Wildman–Crippen MR) is 64.2 cm³/mol. The van der Waals surface area contributed by atoms with Gasteiger partial charge in [-0.3, -0.25) is 0 Å². The first-order valence-electron chi connectivity index (χ1n) is 5.31. The molecule has 0 unspecified atom stereocenters. The van der Waals surface area contributed by atoms with Crippen molar-refractivity contribution in [1.82, 2.24) is 14.9 Å². The fraction of sp³-hybridized carbons (Fsp3) is 0.182. The molecule has 8 heteroatoms. The van der Waals surface area contributed by atoms with Crippen LogP contribution in [0.3, 0.4) is 0 Å². The summed E-state index contributed by atoms with van der Waals surface area (Å²) in [6.07, 6.45) is 0. The second kappa shape index (κ2) is 5.17. The van der Waals surface area contributed by atoms with Crippen molar-refractivity contribution < 1.29 is 12.9 Å². The van der Waals surface area contributed by atoms with E-state index >= 15 is 0 Å². The lowest BCUT2D eigenvalue weighted by Crippen LogP contribution is -2.24. The van der Waals surface area contributed by atoms with E-state index in [1.54, 1.807) is 19.1 Å². The summed E-state index contributed by atoms with van der Waals surface area (Å²) in [6.45, 7) is 1.51. The molecule has 19 heavy (non-hydrogen) atoms. The molecule has 0 spiro atoms. The van der Waals surface area contributed by atoms with Crippen molar-refractivity contribution in [2.45, 2.75) is 18.4 Å². The first-order chi connectivity index (χ1) is 9.03. The lowest BCUT2D eigenvalue weighted by Gasteiger charge is -2.05. The van der Waals surface area contributed by atoms with Crippen LogP contribution in [-0.4, -0.2) is 18.6 Å². The second-order valence-electron chi connectivity index (χ2n) is 3.66. The van der Waals surface area contributed by atoms with Crippen LogP contribution < -0.4 is 4.72 Å². The van der Waals surface area contributed by atoms with E-state index in [2.05, 4.69) is 14.9 Å². The topological polar surface area (TPSA) is 109 Å². The molecule has 1 heterocycles. The molecule has 0 saturated heterocycles. The van der Waals surface area contributed by atoms with Crippen molar-refractivity contribution in [2.75, 3.05) is 0 Å². The maximum atomic E-state index is 12.0. The summed E-state index contributed by atoms with van der Waals surface area (Å²) in [7, 11) is -3.79. The van der Waals surface area contributed by atoms with Gasteiger partial charge in [0.05, 0.1) is 17.0 Å². The molecule has 0 bridgehead atoms. The molecule has 1 N–H and O–H groups in total. The van der Waals surface area contributed by atoms with Gasteiger partial charge in [0, 0.05) is 6.92 Å². The Kier molecular flexibility index (Phi) is 3.59. The molecule has 0 aliphatic rings. The second-order valence-corrected chi connectivity index (χ2v) is 5.40. The minimum Gasteiger partial charge on any atom is -0.340 e.